The molecule has 1 aromatic carbocycles. The third-order valence-electron chi connectivity index (χ3n) is 7.75. The van der Waals surface area contributed by atoms with Crippen molar-refractivity contribution in [2.45, 2.75) is 57.0 Å². The van der Waals surface area contributed by atoms with E-state index >= 15 is 0 Å². The summed E-state index contributed by atoms with van der Waals surface area (Å²) in [5.41, 5.74) is 3.94. The second-order valence-electron chi connectivity index (χ2n) is 9.78. The quantitative estimate of drug-likeness (QED) is 0.773. The van der Waals surface area contributed by atoms with Gasteiger partial charge >= 0.3 is 0 Å². The summed E-state index contributed by atoms with van der Waals surface area (Å²) in [7, 11) is 4.07. The lowest BCUT2D eigenvalue weighted by molar-refractivity contribution is -0.142. The van der Waals surface area contributed by atoms with Gasteiger partial charge in [-0.25, -0.2) is 9.97 Å². The lowest BCUT2D eigenvalue weighted by Gasteiger charge is -2.41. The summed E-state index contributed by atoms with van der Waals surface area (Å²) in [6.45, 7) is 5.65. The number of benzene rings is 1. The second-order valence-corrected chi connectivity index (χ2v) is 9.78. The molecule has 1 unspecified atom stereocenters. The summed E-state index contributed by atoms with van der Waals surface area (Å²) in [6.07, 6.45) is 4.47. The molecule has 33 heavy (non-hydrogen) atoms. The number of carbonyl (C=O) groups is 1. The van der Waals surface area contributed by atoms with Crippen LogP contribution in [0.1, 0.15) is 59.9 Å². The summed E-state index contributed by atoms with van der Waals surface area (Å²) in [5, 5.41) is 3.29. The number of aryl methyl sites for hydroxylation is 1. The minimum Gasteiger partial charge on any atom is -0.381 e. The highest BCUT2D eigenvalue weighted by Gasteiger charge is 2.45. The number of hydrogen-bond acceptors (Lipinski definition) is 6. The van der Waals surface area contributed by atoms with Gasteiger partial charge in [0.2, 0.25) is 5.91 Å². The maximum absolute atomic E-state index is 14.1. The molecule has 0 radical (unpaired) electrons. The van der Waals surface area contributed by atoms with Crippen LogP contribution in [0.4, 0.5) is 5.82 Å². The number of anilines is 1. The predicted octanol–water partition coefficient (Wildman–Crippen LogP) is 3.23. The topological polar surface area (TPSA) is 70.6 Å². The van der Waals surface area contributed by atoms with Gasteiger partial charge in [-0.1, -0.05) is 29.8 Å². The van der Waals surface area contributed by atoms with Crippen molar-refractivity contribution in [3.63, 3.8) is 0 Å². The maximum atomic E-state index is 14.1. The molecule has 4 heterocycles. The number of hydrogen-bond donors (Lipinski definition) is 1. The Morgan fingerprint density at radius 2 is 2.03 bits per heavy atom. The Hall–Kier alpha value is -2.51. The molecular weight excluding hydrogens is 414 g/mol. The van der Waals surface area contributed by atoms with Crippen LogP contribution < -0.4 is 5.32 Å². The molecular formula is C26H35N5O2. The van der Waals surface area contributed by atoms with Crippen LogP contribution in [0.5, 0.6) is 0 Å². The average Bonchev–Trinajstić information content (AvgIpc) is 3.28. The van der Waals surface area contributed by atoms with Gasteiger partial charge in [0.05, 0.1) is 23.7 Å². The molecule has 0 saturated carbocycles. The van der Waals surface area contributed by atoms with E-state index in [4.69, 9.17) is 14.7 Å². The SMILES string of the molecule is CNc1nc(C2CCCN2C)nc2c1CCN(C(=O)C1(c3cccc(C)c3)CCOCC1)C2. The number of nitrogens with zero attached hydrogens (tertiary/aromatic N) is 4. The Morgan fingerprint density at radius 3 is 2.73 bits per heavy atom. The summed E-state index contributed by atoms with van der Waals surface area (Å²) in [5.74, 6) is 2.01. The molecule has 0 aliphatic carbocycles. The number of fused-ring (bicyclic) bond motifs is 1. The largest absolute Gasteiger partial charge is 0.381 e. The van der Waals surface area contributed by atoms with Gasteiger partial charge in [0.15, 0.2) is 0 Å². The summed E-state index contributed by atoms with van der Waals surface area (Å²) < 4.78 is 5.68. The van der Waals surface area contributed by atoms with E-state index in [-0.39, 0.29) is 11.9 Å². The number of amides is 1. The molecule has 2 fully saturated rings. The zero-order valence-corrected chi connectivity index (χ0v) is 20.1. The first-order valence-electron chi connectivity index (χ1n) is 12.2. The van der Waals surface area contributed by atoms with Crippen LogP contribution in [0.15, 0.2) is 24.3 Å². The van der Waals surface area contributed by atoms with Crippen LogP contribution in [0.3, 0.4) is 0 Å². The van der Waals surface area contributed by atoms with Crippen LogP contribution >= 0.6 is 0 Å². The van der Waals surface area contributed by atoms with E-state index in [9.17, 15) is 4.79 Å². The van der Waals surface area contributed by atoms with Gasteiger partial charge in [-0.3, -0.25) is 9.69 Å². The lowest BCUT2D eigenvalue weighted by Crippen LogP contribution is -2.51. The minimum atomic E-state index is -0.519. The molecule has 3 aliphatic rings. The molecule has 176 valence electrons. The Morgan fingerprint density at radius 1 is 1.21 bits per heavy atom. The molecule has 7 nitrogen and oxygen atoms in total. The molecule has 2 aromatic rings. The Bertz CT molecular complexity index is 1030. The van der Waals surface area contributed by atoms with Crippen molar-refractivity contribution >= 4 is 11.7 Å². The molecule has 7 heteroatoms. The Labute approximate surface area is 196 Å². The molecule has 1 amide bonds. The van der Waals surface area contributed by atoms with Crippen LogP contribution in [0, 0.1) is 6.92 Å². The molecule has 5 rings (SSSR count). The number of likely N-dealkylation sites (tertiary alicyclic amines) is 1. The van der Waals surface area contributed by atoms with Crippen LogP contribution in [0.2, 0.25) is 0 Å². The third-order valence-corrected chi connectivity index (χ3v) is 7.75. The van der Waals surface area contributed by atoms with Gasteiger partial charge in [-0.05, 0) is 58.2 Å². The van der Waals surface area contributed by atoms with Gasteiger partial charge in [-0.15, -0.1) is 0 Å². The molecule has 3 aliphatic heterocycles. The predicted molar refractivity (Wildman–Crippen MR) is 128 cm³/mol. The van der Waals surface area contributed by atoms with Crippen molar-refractivity contribution in [1.29, 1.82) is 0 Å². The van der Waals surface area contributed by atoms with Crippen molar-refractivity contribution in [3.8, 4) is 0 Å². The number of rotatable bonds is 4. The standard InChI is InChI=1S/C26H35N5O2/c1-18-6-4-7-19(16-18)26(10-14-33-15-11-26)25(32)31-13-9-20-21(17-31)28-24(29-23(20)27-2)22-8-5-12-30(22)3/h4,6-7,16,22H,5,8-15,17H2,1-3H3,(H,27,28,29). The van der Waals surface area contributed by atoms with Crippen LogP contribution in [0.25, 0.3) is 0 Å². The highest BCUT2D eigenvalue weighted by atomic mass is 16.5. The molecule has 1 aromatic heterocycles. The van der Waals surface area contributed by atoms with Crippen molar-refractivity contribution in [2.24, 2.45) is 0 Å². The first-order valence-corrected chi connectivity index (χ1v) is 12.2. The van der Waals surface area contributed by atoms with Gasteiger partial charge < -0.3 is 15.0 Å². The van der Waals surface area contributed by atoms with E-state index in [1.807, 2.05) is 11.9 Å². The average molecular weight is 450 g/mol. The molecule has 1 N–H and O–H groups in total. The number of aromatic nitrogens is 2. The van der Waals surface area contributed by atoms with Gasteiger partial charge in [0, 0.05) is 32.4 Å². The highest BCUT2D eigenvalue weighted by Crippen LogP contribution is 2.39. The zero-order chi connectivity index (χ0) is 23.0. The van der Waals surface area contributed by atoms with E-state index < -0.39 is 5.41 Å². The van der Waals surface area contributed by atoms with Crippen molar-refractivity contribution in [3.05, 3.63) is 52.5 Å². The van der Waals surface area contributed by atoms with Crippen molar-refractivity contribution in [1.82, 2.24) is 19.8 Å². The number of ether oxygens (including phenoxy) is 1. The Balaban J connectivity index is 1.47. The van der Waals surface area contributed by atoms with Crippen molar-refractivity contribution < 1.29 is 9.53 Å². The molecule has 0 spiro atoms. The first-order chi connectivity index (χ1) is 16.0. The smallest absolute Gasteiger partial charge is 0.233 e. The maximum Gasteiger partial charge on any atom is 0.233 e. The van der Waals surface area contributed by atoms with E-state index in [2.05, 4.69) is 48.5 Å². The summed E-state index contributed by atoms with van der Waals surface area (Å²) in [6, 6.07) is 8.70. The normalized spacial score (nSPS) is 22.8. The fourth-order valence-corrected chi connectivity index (χ4v) is 5.81. The van der Waals surface area contributed by atoms with E-state index in [0.29, 0.717) is 26.3 Å². The monoisotopic (exact) mass is 449 g/mol. The van der Waals surface area contributed by atoms with E-state index in [1.165, 1.54) is 12.0 Å². The van der Waals surface area contributed by atoms with Crippen LogP contribution in [-0.4, -0.2) is 66.1 Å². The Kier molecular flexibility index (Phi) is 6.10. The zero-order valence-electron chi connectivity index (χ0n) is 20.1. The fraction of sp³-hybridized carbons (Fsp3) is 0.577. The van der Waals surface area contributed by atoms with Crippen molar-refractivity contribution in [2.75, 3.05) is 45.7 Å². The highest BCUT2D eigenvalue weighted by molar-refractivity contribution is 5.88. The van der Waals surface area contributed by atoms with Crippen LogP contribution in [-0.2, 0) is 27.9 Å². The van der Waals surface area contributed by atoms with E-state index in [1.54, 1.807) is 0 Å². The molecule has 0 bridgehead atoms. The second kappa shape index (κ2) is 9.03. The minimum absolute atomic E-state index is 0.214. The summed E-state index contributed by atoms with van der Waals surface area (Å²) >= 11 is 0. The molecule has 1 atom stereocenters. The number of nitrogens with one attached hydrogen (secondary N) is 1. The van der Waals surface area contributed by atoms with Gasteiger partial charge in [0.25, 0.3) is 0 Å². The molecule has 2 saturated heterocycles. The summed E-state index contributed by atoms with van der Waals surface area (Å²) in [4.78, 5) is 28.4. The van der Waals surface area contributed by atoms with Gasteiger partial charge in [-0.2, -0.15) is 0 Å². The first kappa shape index (κ1) is 22.3. The lowest BCUT2D eigenvalue weighted by atomic mass is 9.72. The third kappa shape index (κ3) is 4.02. The van der Waals surface area contributed by atoms with Gasteiger partial charge in [0.1, 0.15) is 11.6 Å². The fourth-order valence-electron chi connectivity index (χ4n) is 5.81. The number of carbonyl (C=O) groups excluding carboxylic acids is 1. The van der Waals surface area contributed by atoms with E-state index in [0.717, 1.165) is 60.7 Å².